The fraction of sp³-hybridized carbons (Fsp3) is 0.250. The highest BCUT2D eigenvalue weighted by molar-refractivity contribution is 9.10. The van der Waals surface area contributed by atoms with Crippen LogP contribution in [0.25, 0.3) is 6.08 Å². The Morgan fingerprint density at radius 2 is 1.83 bits per heavy atom. The SMILES string of the molecule is CC1(C)c2ccccc2N2CC(=O)NC21C=Cc1ccc(Br)cc1. The lowest BCUT2D eigenvalue weighted by Crippen LogP contribution is -2.58. The van der Waals surface area contributed by atoms with Crippen molar-refractivity contribution < 1.29 is 4.79 Å². The summed E-state index contributed by atoms with van der Waals surface area (Å²) in [5.74, 6) is 0.0676. The summed E-state index contributed by atoms with van der Waals surface area (Å²) < 4.78 is 1.06. The van der Waals surface area contributed by atoms with E-state index in [4.69, 9.17) is 0 Å². The van der Waals surface area contributed by atoms with Gasteiger partial charge < -0.3 is 10.2 Å². The van der Waals surface area contributed by atoms with Crippen molar-refractivity contribution >= 4 is 33.6 Å². The topological polar surface area (TPSA) is 32.3 Å². The number of amides is 1. The fourth-order valence-corrected chi connectivity index (χ4v) is 4.19. The first-order chi connectivity index (χ1) is 11.4. The summed E-state index contributed by atoms with van der Waals surface area (Å²) in [5, 5.41) is 3.24. The molecule has 0 aliphatic carbocycles. The largest absolute Gasteiger partial charge is 0.335 e. The molecule has 0 aromatic heterocycles. The first kappa shape index (κ1) is 15.5. The van der Waals surface area contributed by atoms with Gasteiger partial charge in [-0.2, -0.15) is 0 Å². The lowest BCUT2D eigenvalue weighted by molar-refractivity contribution is -0.118. The van der Waals surface area contributed by atoms with Gasteiger partial charge in [0.05, 0.1) is 6.54 Å². The van der Waals surface area contributed by atoms with Gasteiger partial charge in [0.15, 0.2) is 0 Å². The summed E-state index contributed by atoms with van der Waals surface area (Å²) in [6, 6.07) is 16.5. The molecule has 4 heteroatoms. The number of anilines is 1. The number of carbonyl (C=O) groups excluding carboxylic acids is 1. The van der Waals surface area contributed by atoms with Crippen LogP contribution < -0.4 is 10.2 Å². The Morgan fingerprint density at radius 1 is 1.12 bits per heavy atom. The summed E-state index contributed by atoms with van der Waals surface area (Å²) in [7, 11) is 0. The number of rotatable bonds is 2. The summed E-state index contributed by atoms with van der Waals surface area (Å²) in [5.41, 5.74) is 2.77. The van der Waals surface area contributed by atoms with Gasteiger partial charge in [0, 0.05) is 15.6 Å². The highest BCUT2D eigenvalue weighted by Crippen LogP contribution is 2.52. The van der Waals surface area contributed by atoms with Crippen LogP contribution in [0.3, 0.4) is 0 Å². The molecule has 2 aromatic carbocycles. The molecule has 0 radical (unpaired) electrons. The molecule has 2 aliphatic heterocycles. The maximum absolute atomic E-state index is 12.2. The normalized spacial score (nSPS) is 24.1. The van der Waals surface area contributed by atoms with E-state index >= 15 is 0 Å². The third kappa shape index (κ3) is 2.06. The van der Waals surface area contributed by atoms with Gasteiger partial charge in [0.25, 0.3) is 0 Å². The zero-order valence-electron chi connectivity index (χ0n) is 13.7. The number of fused-ring (bicyclic) bond motifs is 3. The van der Waals surface area contributed by atoms with Gasteiger partial charge >= 0.3 is 0 Å². The first-order valence-corrected chi connectivity index (χ1v) is 8.86. The highest BCUT2D eigenvalue weighted by atomic mass is 79.9. The van der Waals surface area contributed by atoms with Gasteiger partial charge in [-0.1, -0.05) is 66.2 Å². The molecule has 4 rings (SSSR count). The lowest BCUT2D eigenvalue weighted by atomic mass is 9.75. The molecule has 1 amide bonds. The zero-order chi connectivity index (χ0) is 16.9. The van der Waals surface area contributed by atoms with Crippen molar-refractivity contribution in [3.05, 3.63) is 70.2 Å². The van der Waals surface area contributed by atoms with E-state index in [9.17, 15) is 4.79 Å². The van der Waals surface area contributed by atoms with E-state index in [0.29, 0.717) is 6.54 Å². The molecule has 2 aromatic rings. The lowest BCUT2D eigenvalue weighted by Gasteiger charge is -2.40. The quantitative estimate of drug-likeness (QED) is 0.848. The first-order valence-electron chi connectivity index (χ1n) is 8.07. The summed E-state index contributed by atoms with van der Waals surface area (Å²) in [4.78, 5) is 14.4. The predicted octanol–water partition coefficient (Wildman–Crippen LogP) is 4.09. The number of nitrogens with one attached hydrogen (secondary N) is 1. The minimum atomic E-state index is -0.527. The van der Waals surface area contributed by atoms with Crippen molar-refractivity contribution in [2.75, 3.05) is 11.4 Å². The fourth-order valence-electron chi connectivity index (χ4n) is 3.93. The van der Waals surface area contributed by atoms with Crippen molar-refractivity contribution in [2.24, 2.45) is 0 Å². The van der Waals surface area contributed by atoms with E-state index in [1.165, 1.54) is 5.56 Å². The predicted molar refractivity (Wildman–Crippen MR) is 101 cm³/mol. The van der Waals surface area contributed by atoms with Crippen LogP contribution in [-0.2, 0) is 10.2 Å². The van der Waals surface area contributed by atoms with Crippen molar-refractivity contribution in [1.29, 1.82) is 0 Å². The smallest absolute Gasteiger partial charge is 0.241 e. The van der Waals surface area contributed by atoms with Crippen LogP contribution >= 0.6 is 15.9 Å². The van der Waals surface area contributed by atoms with Crippen LogP contribution in [0.2, 0.25) is 0 Å². The third-order valence-corrected chi connectivity index (χ3v) is 5.79. The van der Waals surface area contributed by atoms with Gasteiger partial charge in [0.2, 0.25) is 5.91 Å². The molecule has 2 heterocycles. The molecule has 2 aliphatic rings. The van der Waals surface area contributed by atoms with E-state index in [2.05, 4.69) is 82.5 Å². The molecule has 1 atom stereocenters. The summed E-state index contributed by atoms with van der Waals surface area (Å²) in [6.07, 6.45) is 4.24. The van der Waals surface area contributed by atoms with E-state index in [1.54, 1.807) is 0 Å². The molecule has 1 saturated heterocycles. The average Bonchev–Trinajstić information content (AvgIpc) is 2.99. The minimum Gasteiger partial charge on any atom is -0.335 e. The van der Waals surface area contributed by atoms with Crippen molar-refractivity contribution in [1.82, 2.24) is 5.32 Å². The van der Waals surface area contributed by atoms with Crippen molar-refractivity contribution in [2.45, 2.75) is 24.9 Å². The standard InChI is InChI=1S/C20H19BrN2O/c1-19(2)16-5-3-4-6-17(16)23-13-18(24)22-20(19,23)12-11-14-7-9-15(21)10-8-14/h3-12H,13H2,1-2H3,(H,22,24). The number of hydrogen-bond donors (Lipinski definition) is 1. The molecular weight excluding hydrogens is 364 g/mol. The van der Waals surface area contributed by atoms with Crippen LogP contribution in [0.1, 0.15) is 25.0 Å². The van der Waals surface area contributed by atoms with Gasteiger partial charge in [-0.05, 0) is 35.4 Å². The average molecular weight is 383 g/mol. The van der Waals surface area contributed by atoms with Crippen LogP contribution in [0.5, 0.6) is 0 Å². The number of hydrogen-bond acceptors (Lipinski definition) is 2. The number of carbonyl (C=O) groups is 1. The van der Waals surface area contributed by atoms with Crippen molar-refractivity contribution in [3.63, 3.8) is 0 Å². The summed E-state index contributed by atoms with van der Waals surface area (Å²) >= 11 is 3.46. The molecular formula is C20H19BrN2O. The number of nitrogens with zero attached hydrogens (tertiary/aromatic N) is 1. The van der Waals surface area contributed by atoms with Crippen LogP contribution in [0, 0.1) is 0 Å². The Bertz CT molecular complexity index is 841. The van der Waals surface area contributed by atoms with E-state index < -0.39 is 5.66 Å². The van der Waals surface area contributed by atoms with Crippen LogP contribution in [-0.4, -0.2) is 18.1 Å². The monoisotopic (exact) mass is 382 g/mol. The van der Waals surface area contributed by atoms with E-state index in [-0.39, 0.29) is 11.3 Å². The van der Waals surface area contributed by atoms with E-state index in [0.717, 1.165) is 15.7 Å². The second-order valence-corrected chi connectivity index (χ2v) is 7.84. The molecule has 0 bridgehead atoms. The highest BCUT2D eigenvalue weighted by Gasteiger charge is 2.59. The Labute approximate surface area is 150 Å². The molecule has 0 saturated carbocycles. The Morgan fingerprint density at radius 3 is 2.58 bits per heavy atom. The Hall–Kier alpha value is -2.07. The molecule has 0 spiro atoms. The number of para-hydroxylation sites is 1. The van der Waals surface area contributed by atoms with Gasteiger partial charge in [-0.15, -0.1) is 0 Å². The molecule has 1 unspecified atom stereocenters. The van der Waals surface area contributed by atoms with Gasteiger partial charge in [-0.25, -0.2) is 0 Å². The number of halogens is 1. The molecule has 122 valence electrons. The third-order valence-electron chi connectivity index (χ3n) is 5.27. The van der Waals surface area contributed by atoms with Crippen LogP contribution in [0.15, 0.2) is 59.1 Å². The second-order valence-electron chi connectivity index (χ2n) is 6.93. The van der Waals surface area contributed by atoms with Crippen molar-refractivity contribution in [3.8, 4) is 0 Å². The minimum absolute atomic E-state index is 0.0676. The van der Waals surface area contributed by atoms with Crippen LogP contribution in [0.4, 0.5) is 5.69 Å². The maximum atomic E-state index is 12.2. The molecule has 1 fully saturated rings. The van der Waals surface area contributed by atoms with Gasteiger partial charge in [0.1, 0.15) is 5.66 Å². The number of benzene rings is 2. The zero-order valence-corrected chi connectivity index (χ0v) is 15.3. The molecule has 1 N–H and O–H groups in total. The second kappa shape index (κ2) is 5.21. The molecule has 3 nitrogen and oxygen atoms in total. The van der Waals surface area contributed by atoms with Gasteiger partial charge in [-0.3, -0.25) is 4.79 Å². The van der Waals surface area contributed by atoms with E-state index in [1.807, 2.05) is 18.2 Å². The Balaban J connectivity index is 1.82. The maximum Gasteiger partial charge on any atom is 0.241 e. The Kier molecular flexibility index (Phi) is 3.36. The molecule has 24 heavy (non-hydrogen) atoms. The summed E-state index contributed by atoms with van der Waals surface area (Å²) in [6.45, 7) is 4.79.